The molecule has 25 heavy (non-hydrogen) atoms. The van der Waals surface area contributed by atoms with Crippen molar-refractivity contribution < 1.29 is 19.0 Å². The number of hydrogen-bond acceptors (Lipinski definition) is 6. The second-order valence-corrected chi connectivity index (χ2v) is 7.27. The summed E-state index contributed by atoms with van der Waals surface area (Å²) in [7, 11) is 0. The minimum Gasteiger partial charge on any atom is -0.465 e. The smallest absolute Gasteiger partial charge is 0.258 e. The number of carbonyl (C=O) groups excluding carboxylic acids is 1. The molecule has 0 fully saturated rings. The molecule has 2 aromatic rings. The fourth-order valence-corrected chi connectivity index (χ4v) is 2.57. The van der Waals surface area contributed by atoms with Crippen LogP contribution in [-0.4, -0.2) is 39.0 Å². The molecule has 2 N–H and O–H groups in total. The van der Waals surface area contributed by atoms with Crippen LogP contribution in [0.5, 0.6) is 5.88 Å². The Morgan fingerprint density at radius 2 is 2.16 bits per heavy atom. The number of nitrogens with one attached hydrogen (secondary N) is 1. The molecule has 1 aromatic carbocycles. The van der Waals surface area contributed by atoms with Gasteiger partial charge < -0.3 is 15.2 Å². The maximum Gasteiger partial charge on any atom is 0.258 e. The number of rotatable bonds is 7. The first-order valence-corrected chi connectivity index (χ1v) is 8.66. The van der Waals surface area contributed by atoms with Gasteiger partial charge in [0.15, 0.2) is 6.61 Å². The maximum absolute atomic E-state index is 13.3. The van der Waals surface area contributed by atoms with E-state index in [-0.39, 0.29) is 29.6 Å². The predicted octanol–water partition coefficient (Wildman–Crippen LogP) is 2.64. The summed E-state index contributed by atoms with van der Waals surface area (Å²) in [6.07, 6.45) is -0.0433. The van der Waals surface area contributed by atoms with Crippen molar-refractivity contribution in [2.45, 2.75) is 33.3 Å². The van der Waals surface area contributed by atoms with E-state index in [0.717, 1.165) is 11.7 Å². The molecule has 8 heteroatoms. The highest BCUT2D eigenvalue weighted by atomic mass is 32.1. The maximum atomic E-state index is 13.3. The number of aliphatic hydroxyl groups excluding tert-OH is 1. The second-order valence-electron chi connectivity index (χ2n) is 6.74. The highest BCUT2D eigenvalue weighted by Crippen LogP contribution is 2.28. The molecule has 1 atom stereocenters. The van der Waals surface area contributed by atoms with Crippen LogP contribution >= 0.6 is 11.7 Å². The third kappa shape index (κ3) is 5.75. The topological polar surface area (TPSA) is 84.3 Å². The van der Waals surface area contributed by atoms with Gasteiger partial charge in [0.25, 0.3) is 11.8 Å². The summed E-state index contributed by atoms with van der Waals surface area (Å²) in [4.78, 5) is 11.8. The monoisotopic (exact) mass is 367 g/mol. The number of halogens is 1. The molecule has 1 unspecified atom stereocenters. The van der Waals surface area contributed by atoms with E-state index in [1.807, 2.05) is 20.8 Å². The fraction of sp³-hybridized carbons (Fsp3) is 0.471. The van der Waals surface area contributed by atoms with Crippen molar-refractivity contribution in [2.75, 3.05) is 13.2 Å². The molecular weight excluding hydrogens is 345 g/mol. The normalized spacial score (nSPS) is 12.7. The lowest BCUT2D eigenvalue weighted by Crippen LogP contribution is -2.34. The Hall–Kier alpha value is -2.06. The molecule has 2 rings (SSSR count). The average molecular weight is 367 g/mol. The zero-order valence-corrected chi connectivity index (χ0v) is 15.3. The van der Waals surface area contributed by atoms with Gasteiger partial charge in [-0.2, -0.15) is 4.37 Å². The van der Waals surface area contributed by atoms with Crippen molar-refractivity contribution in [3.8, 4) is 17.1 Å². The fourth-order valence-electron chi connectivity index (χ4n) is 2.05. The Labute approximate surface area is 150 Å². The number of aromatic nitrogens is 2. The molecule has 0 saturated heterocycles. The zero-order valence-electron chi connectivity index (χ0n) is 14.5. The van der Waals surface area contributed by atoms with E-state index in [1.54, 1.807) is 12.1 Å². The number of nitrogens with zero attached hydrogens (tertiary/aromatic N) is 2. The van der Waals surface area contributed by atoms with Crippen molar-refractivity contribution in [1.29, 1.82) is 0 Å². The quantitative estimate of drug-likeness (QED) is 0.786. The van der Waals surface area contributed by atoms with Gasteiger partial charge in [0.1, 0.15) is 11.5 Å². The van der Waals surface area contributed by atoms with Gasteiger partial charge in [-0.25, -0.2) is 4.39 Å². The summed E-state index contributed by atoms with van der Waals surface area (Å²) < 4.78 is 26.8. The van der Waals surface area contributed by atoms with Crippen molar-refractivity contribution in [2.24, 2.45) is 5.41 Å². The summed E-state index contributed by atoms with van der Waals surface area (Å²) in [5.41, 5.74) is 0.714. The molecule has 0 radical (unpaired) electrons. The van der Waals surface area contributed by atoms with Gasteiger partial charge in [0, 0.05) is 12.1 Å². The van der Waals surface area contributed by atoms with Gasteiger partial charge in [0.05, 0.1) is 17.8 Å². The third-order valence-electron chi connectivity index (χ3n) is 3.64. The molecule has 0 aliphatic heterocycles. The van der Waals surface area contributed by atoms with Crippen LogP contribution < -0.4 is 10.1 Å². The van der Waals surface area contributed by atoms with E-state index in [9.17, 15) is 14.3 Å². The van der Waals surface area contributed by atoms with Crippen molar-refractivity contribution in [3.05, 3.63) is 30.1 Å². The predicted molar refractivity (Wildman–Crippen MR) is 93.9 cm³/mol. The first-order chi connectivity index (χ1) is 11.8. The van der Waals surface area contributed by atoms with Crippen LogP contribution in [0.3, 0.4) is 0 Å². The summed E-state index contributed by atoms with van der Waals surface area (Å²) >= 11 is 0.931. The number of aliphatic hydroxyl groups is 1. The number of ether oxygens (including phenoxy) is 1. The van der Waals surface area contributed by atoms with E-state index in [2.05, 4.69) is 14.1 Å². The molecule has 0 saturated carbocycles. The first-order valence-electron chi connectivity index (χ1n) is 7.93. The average Bonchev–Trinajstić information content (AvgIpc) is 3.00. The Morgan fingerprint density at radius 1 is 1.40 bits per heavy atom. The van der Waals surface area contributed by atoms with Crippen molar-refractivity contribution in [3.63, 3.8) is 0 Å². The van der Waals surface area contributed by atoms with Crippen LogP contribution in [0.2, 0.25) is 0 Å². The van der Waals surface area contributed by atoms with E-state index >= 15 is 0 Å². The third-order valence-corrected chi connectivity index (χ3v) is 4.15. The summed E-state index contributed by atoms with van der Waals surface area (Å²) in [5.74, 6) is -0.508. The van der Waals surface area contributed by atoms with E-state index in [4.69, 9.17) is 4.74 Å². The molecular formula is C17H22FN3O3S. The molecule has 1 amide bonds. The van der Waals surface area contributed by atoms with Crippen LogP contribution in [0.15, 0.2) is 24.3 Å². The lowest BCUT2D eigenvalue weighted by Gasteiger charge is -2.25. The first kappa shape index (κ1) is 19.3. The van der Waals surface area contributed by atoms with Gasteiger partial charge in [-0.1, -0.05) is 32.9 Å². The second kappa shape index (κ2) is 8.35. The standard InChI is InChI=1S/C17H22FN3O3S/c1-17(2,3)13(22)7-8-19-14(23)10-24-16-15(20-25-21-16)11-5-4-6-12(18)9-11/h4-6,9,13,22H,7-8,10H2,1-3H3,(H,19,23). The molecule has 0 aliphatic rings. The van der Waals surface area contributed by atoms with E-state index in [0.29, 0.717) is 24.2 Å². The lowest BCUT2D eigenvalue weighted by molar-refractivity contribution is -0.123. The number of amides is 1. The summed E-state index contributed by atoms with van der Waals surface area (Å²) in [5, 5.41) is 12.6. The zero-order chi connectivity index (χ0) is 18.4. The minimum atomic E-state index is -0.504. The molecule has 136 valence electrons. The van der Waals surface area contributed by atoms with Gasteiger partial charge in [-0.15, -0.1) is 4.37 Å². The van der Waals surface area contributed by atoms with Gasteiger partial charge in [-0.3, -0.25) is 4.79 Å². The summed E-state index contributed by atoms with van der Waals surface area (Å²) in [6, 6.07) is 5.93. The van der Waals surface area contributed by atoms with Gasteiger partial charge in [-0.05, 0) is 24.0 Å². The Bertz CT molecular complexity index is 715. The Morgan fingerprint density at radius 3 is 2.84 bits per heavy atom. The summed E-state index contributed by atoms with van der Waals surface area (Å²) in [6.45, 7) is 5.94. The SMILES string of the molecule is CC(C)(C)C(O)CCNC(=O)COc1nsnc1-c1cccc(F)c1. The van der Waals surface area contributed by atoms with Crippen LogP contribution in [-0.2, 0) is 4.79 Å². The number of benzene rings is 1. The van der Waals surface area contributed by atoms with Crippen LogP contribution in [0.25, 0.3) is 11.3 Å². The Balaban J connectivity index is 1.84. The molecule has 0 aliphatic carbocycles. The van der Waals surface area contributed by atoms with Crippen LogP contribution in [0.1, 0.15) is 27.2 Å². The highest BCUT2D eigenvalue weighted by Gasteiger charge is 2.21. The van der Waals surface area contributed by atoms with Crippen molar-refractivity contribution in [1.82, 2.24) is 14.1 Å². The molecule has 1 aromatic heterocycles. The van der Waals surface area contributed by atoms with Crippen LogP contribution in [0, 0.1) is 11.2 Å². The minimum absolute atomic E-state index is 0.195. The molecule has 1 heterocycles. The Kier molecular flexibility index (Phi) is 6.44. The largest absolute Gasteiger partial charge is 0.465 e. The van der Waals surface area contributed by atoms with E-state index in [1.165, 1.54) is 12.1 Å². The lowest BCUT2D eigenvalue weighted by atomic mass is 9.87. The molecule has 0 spiro atoms. The van der Waals surface area contributed by atoms with Gasteiger partial charge in [0.2, 0.25) is 0 Å². The van der Waals surface area contributed by atoms with Gasteiger partial charge >= 0.3 is 0 Å². The van der Waals surface area contributed by atoms with Crippen molar-refractivity contribution >= 4 is 17.6 Å². The van der Waals surface area contributed by atoms with Crippen LogP contribution in [0.4, 0.5) is 4.39 Å². The number of hydrogen-bond donors (Lipinski definition) is 2. The molecule has 0 bridgehead atoms. The molecule has 6 nitrogen and oxygen atoms in total. The number of carbonyl (C=O) groups is 1. The highest BCUT2D eigenvalue weighted by molar-refractivity contribution is 6.99. The van der Waals surface area contributed by atoms with E-state index < -0.39 is 6.10 Å².